The Labute approximate surface area is 85.9 Å². The molecule has 0 heterocycles. The van der Waals surface area contributed by atoms with Crippen molar-refractivity contribution in [3.8, 4) is 0 Å². The Balaban J connectivity index is 2.71. The molecule has 0 amide bonds. The summed E-state index contributed by atoms with van der Waals surface area (Å²) < 4.78 is 0. The van der Waals surface area contributed by atoms with Crippen molar-refractivity contribution in [2.45, 2.75) is 39.2 Å². The number of hydroxylamine groups is 1. The molecular weight excluding hydrogens is 174 g/mol. The number of hydrogen-bond donors (Lipinski definition) is 2. The van der Waals surface area contributed by atoms with Crippen molar-refractivity contribution in [2.75, 3.05) is 0 Å². The van der Waals surface area contributed by atoms with Gasteiger partial charge in [-0.15, -0.1) is 0 Å². The van der Waals surface area contributed by atoms with Gasteiger partial charge in [0.2, 0.25) is 0 Å². The molecule has 0 spiro atoms. The molecule has 1 aromatic carbocycles. The van der Waals surface area contributed by atoms with Crippen LogP contribution in [0, 0.1) is 0 Å². The average Bonchev–Trinajstić information content (AvgIpc) is 2.23. The fourth-order valence-electron chi connectivity index (χ4n) is 1.76. The molecule has 0 aliphatic rings. The summed E-state index contributed by atoms with van der Waals surface area (Å²) in [4.78, 5) is 0. The standard InChI is InChI=1S/C12H19NO/c1-3-11(4-2)12-7-5-10(6-8-12)9-13-14/h5-8,11,13-14H,3-4,9H2,1-2H3. The monoisotopic (exact) mass is 193 g/mol. The Morgan fingerprint density at radius 3 is 2.14 bits per heavy atom. The highest BCUT2D eigenvalue weighted by Crippen LogP contribution is 2.22. The molecule has 78 valence electrons. The minimum absolute atomic E-state index is 0.517. The molecule has 0 aliphatic carbocycles. The highest BCUT2D eigenvalue weighted by Gasteiger charge is 2.05. The van der Waals surface area contributed by atoms with Gasteiger partial charge in [-0.1, -0.05) is 38.1 Å². The molecule has 1 rings (SSSR count). The maximum atomic E-state index is 8.54. The Morgan fingerprint density at radius 2 is 1.71 bits per heavy atom. The predicted molar refractivity (Wildman–Crippen MR) is 58.4 cm³/mol. The molecule has 0 unspecified atom stereocenters. The number of benzene rings is 1. The molecule has 0 radical (unpaired) electrons. The molecule has 1 aromatic rings. The zero-order valence-electron chi connectivity index (χ0n) is 8.96. The summed E-state index contributed by atoms with van der Waals surface area (Å²) in [6.45, 7) is 4.96. The number of nitrogens with one attached hydrogen (secondary N) is 1. The molecule has 0 fully saturated rings. The third-order valence-electron chi connectivity index (χ3n) is 2.72. The zero-order chi connectivity index (χ0) is 10.4. The highest BCUT2D eigenvalue weighted by atomic mass is 16.5. The summed E-state index contributed by atoms with van der Waals surface area (Å²) in [5.74, 6) is 0.672. The van der Waals surface area contributed by atoms with Crippen LogP contribution in [-0.4, -0.2) is 5.21 Å². The van der Waals surface area contributed by atoms with Gasteiger partial charge >= 0.3 is 0 Å². The van der Waals surface area contributed by atoms with E-state index in [1.807, 2.05) is 0 Å². The SMILES string of the molecule is CCC(CC)c1ccc(CNO)cc1. The molecule has 2 heteroatoms. The van der Waals surface area contributed by atoms with Crippen LogP contribution in [0.5, 0.6) is 0 Å². The molecule has 2 N–H and O–H groups in total. The van der Waals surface area contributed by atoms with Crippen LogP contribution in [-0.2, 0) is 6.54 Å². The van der Waals surface area contributed by atoms with Gasteiger partial charge in [-0.2, -0.15) is 0 Å². The molecule has 0 atom stereocenters. The van der Waals surface area contributed by atoms with E-state index in [2.05, 4.69) is 43.6 Å². The lowest BCUT2D eigenvalue weighted by Crippen LogP contribution is -2.06. The summed E-state index contributed by atoms with van der Waals surface area (Å²) >= 11 is 0. The Morgan fingerprint density at radius 1 is 1.14 bits per heavy atom. The topological polar surface area (TPSA) is 32.3 Å². The molecule has 14 heavy (non-hydrogen) atoms. The van der Waals surface area contributed by atoms with E-state index in [4.69, 9.17) is 5.21 Å². The van der Waals surface area contributed by atoms with E-state index < -0.39 is 0 Å². The van der Waals surface area contributed by atoms with Gasteiger partial charge in [0.1, 0.15) is 0 Å². The first-order chi connectivity index (χ1) is 6.81. The summed E-state index contributed by atoms with van der Waals surface area (Å²) in [5, 5.41) is 8.54. The Bertz CT molecular complexity index is 252. The van der Waals surface area contributed by atoms with Gasteiger partial charge in [-0.25, -0.2) is 5.48 Å². The van der Waals surface area contributed by atoms with Crippen molar-refractivity contribution in [3.63, 3.8) is 0 Å². The van der Waals surface area contributed by atoms with Crippen LogP contribution in [0.15, 0.2) is 24.3 Å². The normalized spacial score (nSPS) is 10.9. The van der Waals surface area contributed by atoms with E-state index >= 15 is 0 Å². The molecular formula is C12H19NO. The maximum Gasteiger partial charge on any atom is 0.0458 e. The van der Waals surface area contributed by atoms with Crippen LogP contribution < -0.4 is 5.48 Å². The predicted octanol–water partition coefficient (Wildman–Crippen LogP) is 3.07. The van der Waals surface area contributed by atoms with Crippen LogP contribution >= 0.6 is 0 Å². The van der Waals surface area contributed by atoms with Crippen molar-refractivity contribution in [1.29, 1.82) is 0 Å². The van der Waals surface area contributed by atoms with E-state index in [0.717, 1.165) is 5.56 Å². The molecule has 0 saturated carbocycles. The fourth-order valence-corrected chi connectivity index (χ4v) is 1.76. The van der Waals surface area contributed by atoms with Crippen LogP contribution in [0.3, 0.4) is 0 Å². The van der Waals surface area contributed by atoms with Crippen molar-refractivity contribution in [3.05, 3.63) is 35.4 Å². The highest BCUT2D eigenvalue weighted by molar-refractivity contribution is 5.25. The molecule has 2 nitrogen and oxygen atoms in total. The summed E-state index contributed by atoms with van der Waals surface area (Å²) in [7, 11) is 0. The van der Waals surface area contributed by atoms with Gasteiger partial charge in [0.05, 0.1) is 0 Å². The maximum absolute atomic E-state index is 8.54. The molecule has 0 bridgehead atoms. The molecule has 0 aromatic heterocycles. The smallest absolute Gasteiger partial charge is 0.0458 e. The zero-order valence-corrected chi connectivity index (χ0v) is 8.96. The minimum atomic E-state index is 0.517. The first-order valence-electron chi connectivity index (χ1n) is 5.27. The Kier molecular flexibility index (Phi) is 4.63. The van der Waals surface area contributed by atoms with Crippen LogP contribution in [0.2, 0.25) is 0 Å². The second-order valence-corrected chi connectivity index (χ2v) is 3.59. The van der Waals surface area contributed by atoms with Crippen LogP contribution in [0.4, 0.5) is 0 Å². The van der Waals surface area contributed by atoms with Crippen molar-refractivity contribution >= 4 is 0 Å². The molecule has 0 saturated heterocycles. The van der Waals surface area contributed by atoms with Crippen LogP contribution in [0.1, 0.15) is 43.7 Å². The Hall–Kier alpha value is -0.860. The third-order valence-corrected chi connectivity index (χ3v) is 2.72. The quantitative estimate of drug-likeness (QED) is 0.704. The summed E-state index contributed by atoms with van der Waals surface area (Å²) in [6, 6.07) is 8.45. The first kappa shape index (κ1) is 11.2. The van der Waals surface area contributed by atoms with Gasteiger partial charge in [-0.05, 0) is 29.9 Å². The van der Waals surface area contributed by atoms with Gasteiger partial charge in [0.25, 0.3) is 0 Å². The summed E-state index contributed by atoms with van der Waals surface area (Å²) in [6.07, 6.45) is 2.38. The fraction of sp³-hybridized carbons (Fsp3) is 0.500. The van der Waals surface area contributed by atoms with Gasteiger partial charge < -0.3 is 5.21 Å². The second kappa shape index (κ2) is 5.78. The largest absolute Gasteiger partial charge is 0.316 e. The van der Waals surface area contributed by atoms with Gasteiger partial charge in [0.15, 0.2) is 0 Å². The lowest BCUT2D eigenvalue weighted by atomic mass is 9.93. The minimum Gasteiger partial charge on any atom is -0.316 e. The first-order valence-corrected chi connectivity index (χ1v) is 5.27. The number of rotatable bonds is 5. The van der Waals surface area contributed by atoms with E-state index in [1.165, 1.54) is 18.4 Å². The molecule has 0 aliphatic heterocycles. The average molecular weight is 193 g/mol. The van der Waals surface area contributed by atoms with E-state index in [1.54, 1.807) is 0 Å². The van der Waals surface area contributed by atoms with Crippen molar-refractivity contribution in [2.24, 2.45) is 0 Å². The van der Waals surface area contributed by atoms with E-state index in [0.29, 0.717) is 12.5 Å². The van der Waals surface area contributed by atoms with E-state index in [9.17, 15) is 0 Å². The van der Waals surface area contributed by atoms with E-state index in [-0.39, 0.29) is 0 Å². The van der Waals surface area contributed by atoms with Crippen molar-refractivity contribution < 1.29 is 5.21 Å². The second-order valence-electron chi connectivity index (χ2n) is 3.59. The van der Waals surface area contributed by atoms with Crippen molar-refractivity contribution in [1.82, 2.24) is 5.48 Å². The third kappa shape index (κ3) is 2.82. The summed E-state index contributed by atoms with van der Waals surface area (Å²) in [5.41, 5.74) is 4.67. The van der Waals surface area contributed by atoms with Crippen LogP contribution in [0.25, 0.3) is 0 Å². The lowest BCUT2D eigenvalue weighted by Gasteiger charge is -2.12. The van der Waals surface area contributed by atoms with Gasteiger partial charge in [-0.3, -0.25) is 0 Å². The van der Waals surface area contributed by atoms with Gasteiger partial charge in [0, 0.05) is 6.54 Å². The lowest BCUT2D eigenvalue weighted by molar-refractivity contribution is 0.161. The number of hydrogen-bond acceptors (Lipinski definition) is 2.